The molecule has 0 saturated heterocycles. The number of fused-ring (bicyclic) bond motifs is 1. The van der Waals surface area contributed by atoms with Gasteiger partial charge in [-0.15, -0.1) is 6.58 Å². The lowest BCUT2D eigenvalue weighted by atomic mass is 9.53. The Hall–Kier alpha value is -2.06. The SMILES string of the molecule is C=CC[C@]1(C(C#N)C#N)c2ccccc2CC[C@@H]1C(C)C. The summed E-state index contributed by atoms with van der Waals surface area (Å²) >= 11 is 0. The molecule has 0 radical (unpaired) electrons. The van der Waals surface area contributed by atoms with E-state index in [0.717, 1.165) is 12.8 Å². The van der Waals surface area contributed by atoms with Gasteiger partial charge in [0.1, 0.15) is 5.92 Å². The van der Waals surface area contributed by atoms with Crippen molar-refractivity contribution in [2.24, 2.45) is 17.8 Å². The van der Waals surface area contributed by atoms with Crippen molar-refractivity contribution in [3.05, 3.63) is 48.0 Å². The van der Waals surface area contributed by atoms with Crippen molar-refractivity contribution < 1.29 is 0 Å². The number of nitriles is 2. The molecule has 0 fully saturated rings. The normalized spacial score (nSPS) is 24.2. The van der Waals surface area contributed by atoms with Gasteiger partial charge in [0.05, 0.1) is 12.1 Å². The Balaban J connectivity index is 2.73. The maximum atomic E-state index is 9.59. The molecule has 2 rings (SSSR count). The highest BCUT2D eigenvalue weighted by Gasteiger charge is 2.50. The third kappa shape index (κ3) is 2.36. The maximum absolute atomic E-state index is 9.59. The van der Waals surface area contributed by atoms with Crippen LogP contribution in [-0.4, -0.2) is 0 Å². The Kier molecular flexibility index (Phi) is 4.49. The van der Waals surface area contributed by atoms with E-state index in [2.05, 4.69) is 44.7 Å². The van der Waals surface area contributed by atoms with E-state index in [4.69, 9.17) is 0 Å². The topological polar surface area (TPSA) is 47.6 Å². The quantitative estimate of drug-likeness (QED) is 0.767. The van der Waals surface area contributed by atoms with Crippen LogP contribution >= 0.6 is 0 Å². The van der Waals surface area contributed by atoms with Gasteiger partial charge < -0.3 is 0 Å². The molecule has 1 aliphatic carbocycles. The molecular formula is C19H22N2. The van der Waals surface area contributed by atoms with Gasteiger partial charge in [-0.1, -0.05) is 44.2 Å². The van der Waals surface area contributed by atoms with E-state index < -0.39 is 11.3 Å². The number of nitrogens with zero attached hydrogens (tertiary/aromatic N) is 2. The first-order valence-corrected chi connectivity index (χ1v) is 7.60. The van der Waals surface area contributed by atoms with Crippen molar-refractivity contribution >= 4 is 0 Å². The smallest absolute Gasteiger partial charge is 0.143 e. The van der Waals surface area contributed by atoms with Crippen LogP contribution in [0.1, 0.15) is 37.8 Å². The van der Waals surface area contributed by atoms with Gasteiger partial charge >= 0.3 is 0 Å². The molecule has 0 aromatic heterocycles. The largest absolute Gasteiger partial charge is 0.197 e. The van der Waals surface area contributed by atoms with Crippen molar-refractivity contribution in [2.45, 2.75) is 38.5 Å². The summed E-state index contributed by atoms with van der Waals surface area (Å²) in [5, 5.41) is 19.2. The Morgan fingerprint density at radius 3 is 2.57 bits per heavy atom. The number of hydrogen-bond donors (Lipinski definition) is 0. The molecular weight excluding hydrogens is 256 g/mol. The molecule has 2 heteroatoms. The molecule has 21 heavy (non-hydrogen) atoms. The fourth-order valence-electron chi connectivity index (χ4n) is 4.14. The Morgan fingerprint density at radius 1 is 1.33 bits per heavy atom. The number of aryl methyl sites for hydroxylation is 1. The van der Waals surface area contributed by atoms with Gasteiger partial charge in [-0.2, -0.15) is 10.5 Å². The van der Waals surface area contributed by atoms with Gasteiger partial charge in [0.15, 0.2) is 0 Å². The Morgan fingerprint density at radius 2 is 2.00 bits per heavy atom. The molecule has 1 aromatic carbocycles. The lowest BCUT2D eigenvalue weighted by molar-refractivity contribution is 0.152. The van der Waals surface area contributed by atoms with Gasteiger partial charge in [0, 0.05) is 5.41 Å². The van der Waals surface area contributed by atoms with Crippen molar-refractivity contribution in [2.75, 3.05) is 0 Å². The highest BCUT2D eigenvalue weighted by atomic mass is 14.5. The molecule has 1 aromatic rings. The molecule has 0 spiro atoms. The van der Waals surface area contributed by atoms with E-state index in [9.17, 15) is 10.5 Å². The average Bonchev–Trinajstić information content (AvgIpc) is 2.49. The van der Waals surface area contributed by atoms with E-state index in [0.29, 0.717) is 18.3 Å². The molecule has 0 aliphatic heterocycles. The second-order valence-corrected chi connectivity index (χ2v) is 6.27. The molecule has 0 saturated carbocycles. The summed E-state index contributed by atoms with van der Waals surface area (Å²) in [5.74, 6) is 0.126. The second-order valence-electron chi connectivity index (χ2n) is 6.27. The summed E-state index contributed by atoms with van der Waals surface area (Å²) in [4.78, 5) is 0. The van der Waals surface area contributed by atoms with Crippen molar-refractivity contribution in [1.82, 2.24) is 0 Å². The van der Waals surface area contributed by atoms with Gasteiger partial charge in [0.25, 0.3) is 0 Å². The van der Waals surface area contributed by atoms with Crippen LogP contribution in [0, 0.1) is 40.4 Å². The van der Waals surface area contributed by atoms with E-state index in [1.165, 1.54) is 11.1 Å². The van der Waals surface area contributed by atoms with Crippen molar-refractivity contribution in [1.29, 1.82) is 10.5 Å². The Bertz CT molecular complexity index is 589. The predicted octanol–water partition coefficient (Wildman–Crippen LogP) is 4.38. The molecule has 0 N–H and O–H groups in total. The van der Waals surface area contributed by atoms with Gasteiger partial charge in [-0.25, -0.2) is 0 Å². The summed E-state index contributed by atoms with van der Waals surface area (Å²) in [5.41, 5.74) is 2.04. The molecule has 108 valence electrons. The van der Waals surface area contributed by atoms with E-state index in [1.807, 2.05) is 18.2 Å². The van der Waals surface area contributed by atoms with Crippen LogP contribution in [-0.2, 0) is 11.8 Å². The summed E-state index contributed by atoms with van der Waals surface area (Å²) in [6.07, 6.45) is 4.61. The number of rotatable bonds is 4. The highest BCUT2D eigenvalue weighted by Crippen LogP contribution is 2.51. The molecule has 2 nitrogen and oxygen atoms in total. The van der Waals surface area contributed by atoms with E-state index >= 15 is 0 Å². The molecule has 0 heterocycles. The highest BCUT2D eigenvalue weighted by molar-refractivity contribution is 5.42. The second kappa shape index (κ2) is 6.15. The summed E-state index contributed by atoms with van der Waals surface area (Å²) in [6, 6.07) is 12.8. The van der Waals surface area contributed by atoms with Crippen LogP contribution in [0.3, 0.4) is 0 Å². The van der Waals surface area contributed by atoms with Crippen LogP contribution in [0.5, 0.6) is 0 Å². The monoisotopic (exact) mass is 278 g/mol. The average molecular weight is 278 g/mol. The van der Waals surface area contributed by atoms with Gasteiger partial charge in [0.2, 0.25) is 0 Å². The number of hydrogen-bond acceptors (Lipinski definition) is 2. The maximum Gasteiger partial charge on any atom is 0.143 e. The minimum absolute atomic E-state index is 0.328. The first-order chi connectivity index (χ1) is 10.1. The lowest BCUT2D eigenvalue weighted by Crippen LogP contribution is -2.46. The van der Waals surface area contributed by atoms with E-state index in [-0.39, 0.29) is 0 Å². The molecule has 2 atom stereocenters. The molecule has 0 amide bonds. The van der Waals surface area contributed by atoms with Crippen molar-refractivity contribution in [3.8, 4) is 12.1 Å². The Labute approximate surface area is 127 Å². The van der Waals surface area contributed by atoms with Crippen LogP contribution in [0.4, 0.5) is 0 Å². The van der Waals surface area contributed by atoms with Crippen molar-refractivity contribution in [3.63, 3.8) is 0 Å². The zero-order chi connectivity index (χ0) is 15.5. The third-order valence-corrected chi connectivity index (χ3v) is 4.97. The first kappa shape index (κ1) is 15.3. The van der Waals surface area contributed by atoms with Crippen LogP contribution in [0.15, 0.2) is 36.9 Å². The molecule has 1 aliphatic rings. The van der Waals surface area contributed by atoms with Crippen LogP contribution < -0.4 is 0 Å². The lowest BCUT2D eigenvalue weighted by Gasteiger charge is -2.48. The summed E-state index contributed by atoms with van der Waals surface area (Å²) in [7, 11) is 0. The van der Waals surface area contributed by atoms with Gasteiger partial charge in [-0.05, 0) is 42.2 Å². The third-order valence-electron chi connectivity index (χ3n) is 4.97. The fraction of sp³-hybridized carbons (Fsp3) is 0.474. The van der Waals surface area contributed by atoms with Crippen LogP contribution in [0.25, 0.3) is 0 Å². The minimum Gasteiger partial charge on any atom is -0.197 e. The van der Waals surface area contributed by atoms with E-state index in [1.54, 1.807) is 0 Å². The number of benzene rings is 1. The molecule has 0 bridgehead atoms. The zero-order valence-corrected chi connectivity index (χ0v) is 12.8. The number of allylic oxidation sites excluding steroid dienone is 1. The molecule has 0 unspecified atom stereocenters. The summed E-state index contributed by atoms with van der Waals surface area (Å²) < 4.78 is 0. The van der Waals surface area contributed by atoms with Gasteiger partial charge in [-0.3, -0.25) is 0 Å². The first-order valence-electron chi connectivity index (χ1n) is 7.60. The standard InChI is InChI=1S/C19H22N2/c1-4-11-19(16(12-20)13-21)17(14(2)3)10-9-15-7-5-6-8-18(15)19/h4-8,14,16-17H,1,9-11H2,2-3H3/t17-,19-/m1/s1. The van der Waals surface area contributed by atoms with Crippen LogP contribution in [0.2, 0.25) is 0 Å². The zero-order valence-electron chi connectivity index (χ0n) is 12.8. The minimum atomic E-state index is -0.635. The summed E-state index contributed by atoms with van der Waals surface area (Å²) in [6.45, 7) is 8.29. The predicted molar refractivity (Wildman–Crippen MR) is 84.3 cm³/mol. The fourth-order valence-corrected chi connectivity index (χ4v) is 4.14.